The maximum absolute atomic E-state index is 12.9. The summed E-state index contributed by atoms with van der Waals surface area (Å²) >= 11 is 0. The van der Waals surface area contributed by atoms with Crippen LogP contribution in [0, 0.1) is 0 Å². The van der Waals surface area contributed by atoms with Crippen molar-refractivity contribution in [1.82, 2.24) is 4.90 Å². The van der Waals surface area contributed by atoms with Crippen LogP contribution in [0.2, 0.25) is 0 Å². The summed E-state index contributed by atoms with van der Waals surface area (Å²) < 4.78 is 11.1. The summed E-state index contributed by atoms with van der Waals surface area (Å²) in [7, 11) is 1.44. The lowest BCUT2D eigenvalue weighted by Gasteiger charge is -2.25. The number of aliphatic carboxylic acids is 1. The molecule has 198 valence electrons. The van der Waals surface area contributed by atoms with Crippen molar-refractivity contribution in [1.29, 1.82) is 0 Å². The Kier molecular flexibility index (Phi) is 7.86. The highest BCUT2D eigenvalue weighted by Crippen LogP contribution is 2.44. The molecule has 1 aliphatic rings. The molecule has 0 saturated carbocycles. The fraction of sp³-hybridized carbons (Fsp3) is 0.323. The lowest BCUT2D eigenvalue weighted by Crippen LogP contribution is -2.43. The van der Waals surface area contributed by atoms with Gasteiger partial charge in [-0.3, -0.25) is 4.90 Å². The van der Waals surface area contributed by atoms with Crippen molar-refractivity contribution >= 4 is 18.0 Å². The average Bonchev–Trinajstić information content (AvgIpc) is 3.20. The fourth-order valence-electron chi connectivity index (χ4n) is 4.80. The number of carboxylic acid groups (broad SMARTS) is 1. The van der Waals surface area contributed by atoms with Crippen LogP contribution in [0.5, 0.6) is 0 Å². The number of carboxylic acids is 1. The third kappa shape index (κ3) is 6.05. The molecule has 38 heavy (non-hydrogen) atoms. The first-order valence-corrected chi connectivity index (χ1v) is 12.7. The van der Waals surface area contributed by atoms with Gasteiger partial charge in [0.25, 0.3) is 0 Å². The van der Waals surface area contributed by atoms with E-state index in [-0.39, 0.29) is 18.9 Å². The van der Waals surface area contributed by atoms with Crippen LogP contribution in [0.3, 0.4) is 0 Å². The van der Waals surface area contributed by atoms with Gasteiger partial charge in [0.15, 0.2) is 0 Å². The van der Waals surface area contributed by atoms with Gasteiger partial charge in [0, 0.05) is 13.0 Å². The minimum absolute atomic E-state index is 0.112. The number of ether oxygens (including phenoxy) is 2. The summed E-state index contributed by atoms with van der Waals surface area (Å²) in [5.41, 5.74) is 4.97. The van der Waals surface area contributed by atoms with Gasteiger partial charge in [-0.15, -0.1) is 0 Å². The predicted octanol–water partition coefficient (Wildman–Crippen LogP) is 5.91. The zero-order valence-electron chi connectivity index (χ0n) is 22.1. The van der Waals surface area contributed by atoms with Gasteiger partial charge in [0.05, 0.1) is 5.56 Å². The molecule has 0 radical (unpaired) electrons. The van der Waals surface area contributed by atoms with E-state index in [1.54, 1.807) is 39.0 Å². The van der Waals surface area contributed by atoms with E-state index in [9.17, 15) is 19.5 Å². The maximum Gasteiger partial charge on any atom is 0.410 e. The number of esters is 1. The van der Waals surface area contributed by atoms with Crippen molar-refractivity contribution in [2.45, 2.75) is 51.2 Å². The average molecular weight is 516 g/mol. The van der Waals surface area contributed by atoms with Crippen LogP contribution < -0.4 is 0 Å². The highest BCUT2D eigenvalue weighted by molar-refractivity contribution is 5.90. The van der Waals surface area contributed by atoms with E-state index in [2.05, 4.69) is 12.1 Å². The van der Waals surface area contributed by atoms with Gasteiger partial charge >= 0.3 is 18.0 Å². The number of fused-ring (bicyclic) bond motifs is 3. The maximum atomic E-state index is 12.9. The van der Waals surface area contributed by atoms with Crippen LogP contribution in [0.4, 0.5) is 4.79 Å². The monoisotopic (exact) mass is 515 g/mol. The number of likely N-dealkylation sites (N-methyl/N-ethyl adjacent to an activating group) is 1. The molecule has 1 N–H and O–H groups in total. The number of rotatable bonds is 8. The second-order valence-corrected chi connectivity index (χ2v) is 10.5. The summed E-state index contributed by atoms with van der Waals surface area (Å²) in [6.45, 7) is 5.50. The molecule has 0 unspecified atom stereocenters. The number of benzene rings is 3. The van der Waals surface area contributed by atoms with Crippen LogP contribution in [-0.4, -0.2) is 53.3 Å². The number of hydrogen-bond donors (Lipinski definition) is 1. The van der Waals surface area contributed by atoms with Crippen LogP contribution in [-0.2, 0) is 20.7 Å². The van der Waals surface area contributed by atoms with Crippen molar-refractivity contribution in [3.05, 3.63) is 95.1 Å². The Bertz CT molecular complexity index is 1300. The standard InChI is InChI=1S/C31H33NO6/c1-31(2,3)38-29(35)21-11-9-10-20(18-21)16-17-27(28(33)34)32(4)30(36)37-19-26-24-14-7-5-12-22(24)23-13-6-8-15-25(23)26/h5-15,18,26-27H,16-17,19H2,1-4H3,(H,33,34)/t27-/m0/s1. The van der Waals surface area contributed by atoms with Gasteiger partial charge in [-0.05, 0) is 73.6 Å². The third-order valence-electron chi connectivity index (χ3n) is 6.64. The Morgan fingerprint density at radius 1 is 0.921 bits per heavy atom. The van der Waals surface area contributed by atoms with E-state index in [4.69, 9.17) is 9.47 Å². The number of carbonyl (C=O) groups is 3. The summed E-state index contributed by atoms with van der Waals surface area (Å²) in [6, 6.07) is 21.9. The van der Waals surface area contributed by atoms with Crippen LogP contribution >= 0.6 is 0 Å². The molecule has 3 aromatic rings. The summed E-state index contributed by atoms with van der Waals surface area (Å²) in [4.78, 5) is 38.5. The zero-order chi connectivity index (χ0) is 27.4. The summed E-state index contributed by atoms with van der Waals surface area (Å²) in [5.74, 6) is -1.67. The van der Waals surface area contributed by atoms with Crippen molar-refractivity contribution < 1.29 is 29.0 Å². The molecular weight excluding hydrogens is 482 g/mol. The molecule has 0 bridgehead atoms. The van der Waals surface area contributed by atoms with E-state index in [0.29, 0.717) is 12.0 Å². The number of nitrogens with zero attached hydrogens (tertiary/aromatic N) is 1. The molecule has 7 heteroatoms. The molecule has 0 saturated heterocycles. The van der Waals surface area contributed by atoms with Crippen LogP contribution in [0.15, 0.2) is 72.8 Å². The second kappa shape index (κ2) is 11.1. The molecule has 1 aliphatic carbocycles. The Morgan fingerprint density at radius 3 is 2.11 bits per heavy atom. The molecule has 0 heterocycles. The van der Waals surface area contributed by atoms with E-state index in [0.717, 1.165) is 32.7 Å². The Morgan fingerprint density at radius 2 is 1.53 bits per heavy atom. The first-order chi connectivity index (χ1) is 18.0. The van der Waals surface area contributed by atoms with E-state index in [1.807, 2.05) is 42.5 Å². The smallest absolute Gasteiger partial charge is 0.410 e. The minimum atomic E-state index is -1.12. The van der Waals surface area contributed by atoms with Gasteiger partial charge in [0.2, 0.25) is 0 Å². The van der Waals surface area contributed by atoms with Crippen molar-refractivity contribution in [2.75, 3.05) is 13.7 Å². The van der Waals surface area contributed by atoms with Crippen LogP contribution in [0.1, 0.15) is 60.2 Å². The fourth-order valence-corrected chi connectivity index (χ4v) is 4.80. The van der Waals surface area contributed by atoms with E-state index in [1.165, 1.54) is 7.05 Å². The third-order valence-corrected chi connectivity index (χ3v) is 6.64. The number of carbonyl (C=O) groups excluding carboxylic acids is 2. The highest BCUT2D eigenvalue weighted by atomic mass is 16.6. The topological polar surface area (TPSA) is 93.1 Å². The number of amides is 1. The van der Waals surface area contributed by atoms with E-state index < -0.39 is 29.7 Å². The first-order valence-electron chi connectivity index (χ1n) is 12.7. The largest absolute Gasteiger partial charge is 0.480 e. The predicted molar refractivity (Wildman–Crippen MR) is 144 cm³/mol. The summed E-state index contributed by atoms with van der Waals surface area (Å²) in [5, 5.41) is 9.86. The zero-order valence-corrected chi connectivity index (χ0v) is 22.1. The quantitative estimate of drug-likeness (QED) is 0.375. The molecule has 0 aromatic heterocycles. The Labute approximate surface area is 223 Å². The second-order valence-electron chi connectivity index (χ2n) is 10.5. The molecule has 4 rings (SSSR count). The van der Waals surface area contributed by atoms with Crippen molar-refractivity contribution in [3.8, 4) is 11.1 Å². The Balaban J connectivity index is 1.40. The molecule has 0 spiro atoms. The minimum Gasteiger partial charge on any atom is -0.480 e. The van der Waals surface area contributed by atoms with Crippen LogP contribution in [0.25, 0.3) is 11.1 Å². The SMILES string of the molecule is CN(C(=O)OCC1c2ccccc2-c2ccccc21)[C@@H](CCc1cccc(C(=O)OC(C)(C)C)c1)C(=O)O. The molecule has 1 amide bonds. The molecule has 1 atom stereocenters. The van der Waals surface area contributed by atoms with Gasteiger partial charge in [0.1, 0.15) is 18.2 Å². The lowest BCUT2D eigenvalue weighted by molar-refractivity contribution is -0.142. The number of hydrogen-bond acceptors (Lipinski definition) is 5. The molecule has 0 fully saturated rings. The molecule has 7 nitrogen and oxygen atoms in total. The summed E-state index contributed by atoms with van der Waals surface area (Å²) in [6.07, 6.45) is -0.177. The normalized spacial score (nSPS) is 13.3. The van der Waals surface area contributed by atoms with Gasteiger partial charge in [-0.2, -0.15) is 0 Å². The molecular formula is C31H33NO6. The molecule has 3 aromatic carbocycles. The highest BCUT2D eigenvalue weighted by Gasteiger charge is 2.32. The van der Waals surface area contributed by atoms with E-state index >= 15 is 0 Å². The Hall–Kier alpha value is -4.13. The van der Waals surface area contributed by atoms with Crippen molar-refractivity contribution in [3.63, 3.8) is 0 Å². The van der Waals surface area contributed by atoms with Gasteiger partial charge in [-0.1, -0.05) is 60.7 Å². The first kappa shape index (κ1) is 26.9. The van der Waals surface area contributed by atoms with Gasteiger partial charge < -0.3 is 14.6 Å². The molecule has 0 aliphatic heterocycles. The van der Waals surface area contributed by atoms with Crippen molar-refractivity contribution in [2.24, 2.45) is 0 Å². The van der Waals surface area contributed by atoms with Gasteiger partial charge in [-0.25, -0.2) is 14.4 Å². The number of aryl methyl sites for hydroxylation is 1. The lowest BCUT2D eigenvalue weighted by atomic mass is 9.98.